The van der Waals surface area contributed by atoms with Crippen molar-refractivity contribution in [2.45, 2.75) is 19.8 Å². The Kier molecular flexibility index (Phi) is 7.16. The molecule has 0 aliphatic carbocycles. The molecule has 0 radical (unpaired) electrons. The predicted molar refractivity (Wildman–Crippen MR) is 65.8 cm³/mol. The van der Waals surface area contributed by atoms with Crippen LogP contribution in [0.3, 0.4) is 0 Å². The van der Waals surface area contributed by atoms with Gasteiger partial charge in [0.15, 0.2) is 0 Å². The van der Waals surface area contributed by atoms with Crippen molar-refractivity contribution in [2.24, 2.45) is 0 Å². The van der Waals surface area contributed by atoms with Crippen LogP contribution >= 0.6 is 0 Å². The fraction of sp³-hybridized carbons (Fsp3) is 0.917. The predicted octanol–water partition coefficient (Wildman–Crippen LogP) is -0.0604. The van der Waals surface area contributed by atoms with Crippen molar-refractivity contribution >= 4 is 5.91 Å². The first kappa shape index (κ1) is 14.4. The highest BCUT2D eigenvalue weighted by Crippen LogP contribution is 2.01. The van der Waals surface area contributed by atoms with Crippen LogP contribution in [0.15, 0.2) is 0 Å². The molecule has 1 heterocycles. The lowest BCUT2D eigenvalue weighted by Gasteiger charge is -2.29. The van der Waals surface area contributed by atoms with Gasteiger partial charge < -0.3 is 14.7 Å². The number of hydrogen-bond donors (Lipinski definition) is 1. The summed E-state index contributed by atoms with van der Waals surface area (Å²) in [6.07, 6.45) is 2.17. The highest BCUT2D eigenvalue weighted by molar-refractivity contribution is 5.78. The summed E-state index contributed by atoms with van der Waals surface area (Å²) in [5, 5.41) is 8.97. The molecular formula is C12H24N2O3. The summed E-state index contributed by atoms with van der Waals surface area (Å²) < 4.78 is 5.22. The van der Waals surface area contributed by atoms with E-state index in [9.17, 15) is 4.79 Å². The van der Waals surface area contributed by atoms with Gasteiger partial charge in [-0.1, -0.05) is 13.3 Å². The van der Waals surface area contributed by atoms with E-state index in [1.807, 2.05) is 9.80 Å². The van der Waals surface area contributed by atoms with E-state index in [1.165, 1.54) is 0 Å². The summed E-state index contributed by atoms with van der Waals surface area (Å²) in [7, 11) is 0. The van der Waals surface area contributed by atoms with Crippen molar-refractivity contribution < 1.29 is 14.6 Å². The third kappa shape index (κ3) is 5.48. The minimum atomic E-state index is 0.111. The van der Waals surface area contributed by atoms with E-state index >= 15 is 0 Å². The van der Waals surface area contributed by atoms with Gasteiger partial charge in [0.25, 0.3) is 0 Å². The normalized spacial score (nSPS) is 16.5. The van der Waals surface area contributed by atoms with E-state index in [0.29, 0.717) is 39.4 Å². The second-order valence-corrected chi connectivity index (χ2v) is 4.35. The summed E-state index contributed by atoms with van der Waals surface area (Å²) in [6.45, 7) is 6.78. The molecule has 1 aliphatic heterocycles. The molecule has 5 nitrogen and oxygen atoms in total. The standard InChI is InChI=1S/C12H24N2O3/c1-2-3-4-13(5-8-15)11-12(16)14-6-9-17-10-7-14/h15H,2-11H2,1H3. The molecule has 1 N–H and O–H groups in total. The number of nitrogens with zero attached hydrogens (tertiary/aromatic N) is 2. The molecule has 1 aliphatic rings. The summed E-state index contributed by atoms with van der Waals surface area (Å²) >= 11 is 0. The van der Waals surface area contributed by atoms with Crippen LogP contribution < -0.4 is 0 Å². The van der Waals surface area contributed by atoms with Gasteiger partial charge in [0.1, 0.15) is 0 Å². The lowest BCUT2D eigenvalue weighted by molar-refractivity contribution is -0.136. The monoisotopic (exact) mass is 244 g/mol. The van der Waals surface area contributed by atoms with Gasteiger partial charge in [0.05, 0.1) is 26.4 Å². The molecule has 0 spiro atoms. The zero-order chi connectivity index (χ0) is 12.5. The van der Waals surface area contributed by atoms with Crippen molar-refractivity contribution in [3.8, 4) is 0 Å². The van der Waals surface area contributed by atoms with Gasteiger partial charge in [-0.2, -0.15) is 0 Å². The molecule has 0 aromatic carbocycles. The summed E-state index contributed by atoms with van der Waals surface area (Å²) in [4.78, 5) is 15.9. The van der Waals surface area contributed by atoms with Crippen molar-refractivity contribution in [3.05, 3.63) is 0 Å². The van der Waals surface area contributed by atoms with E-state index < -0.39 is 0 Å². The number of hydrogen-bond acceptors (Lipinski definition) is 4. The summed E-state index contributed by atoms with van der Waals surface area (Å²) in [6, 6.07) is 0. The Bertz CT molecular complexity index is 218. The first-order chi connectivity index (χ1) is 8.27. The molecule has 1 rings (SSSR count). The molecule has 0 unspecified atom stereocenters. The van der Waals surface area contributed by atoms with Crippen LogP contribution in [0.1, 0.15) is 19.8 Å². The first-order valence-electron chi connectivity index (χ1n) is 6.46. The lowest BCUT2D eigenvalue weighted by atomic mass is 10.3. The van der Waals surface area contributed by atoms with Crippen LogP contribution in [0.2, 0.25) is 0 Å². The molecular weight excluding hydrogens is 220 g/mol. The molecule has 0 aromatic heterocycles. The third-order valence-corrected chi connectivity index (χ3v) is 2.97. The maximum atomic E-state index is 12.0. The fourth-order valence-corrected chi connectivity index (χ4v) is 1.90. The SMILES string of the molecule is CCCCN(CCO)CC(=O)N1CCOCC1. The van der Waals surface area contributed by atoms with Crippen LogP contribution in [0.25, 0.3) is 0 Å². The molecule has 0 saturated carbocycles. The van der Waals surface area contributed by atoms with E-state index in [1.54, 1.807) is 0 Å². The third-order valence-electron chi connectivity index (χ3n) is 2.97. The molecule has 0 aromatic rings. The van der Waals surface area contributed by atoms with Crippen molar-refractivity contribution in [1.82, 2.24) is 9.80 Å². The lowest BCUT2D eigenvalue weighted by Crippen LogP contribution is -2.46. The van der Waals surface area contributed by atoms with Gasteiger partial charge in [-0.15, -0.1) is 0 Å². The second-order valence-electron chi connectivity index (χ2n) is 4.35. The van der Waals surface area contributed by atoms with Crippen LogP contribution in [0.4, 0.5) is 0 Å². The Hall–Kier alpha value is -0.650. The van der Waals surface area contributed by atoms with Crippen LogP contribution in [-0.2, 0) is 9.53 Å². The molecule has 1 amide bonds. The number of aliphatic hydroxyl groups excluding tert-OH is 1. The van der Waals surface area contributed by atoms with Gasteiger partial charge in [-0.3, -0.25) is 9.69 Å². The average molecular weight is 244 g/mol. The largest absolute Gasteiger partial charge is 0.395 e. The molecule has 17 heavy (non-hydrogen) atoms. The molecule has 1 fully saturated rings. The highest BCUT2D eigenvalue weighted by Gasteiger charge is 2.18. The molecule has 100 valence electrons. The first-order valence-corrected chi connectivity index (χ1v) is 6.46. The molecule has 0 bridgehead atoms. The van der Waals surface area contributed by atoms with Gasteiger partial charge in [-0.05, 0) is 13.0 Å². The molecule has 5 heteroatoms. The topological polar surface area (TPSA) is 53.0 Å². The van der Waals surface area contributed by atoms with Crippen LogP contribution in [0.5, 0.6) is 0 Å². The molecule has 0 atom stereocenters. The maximum absolute atomic E-state index is 12.0. The number of aliphatic hydroxyl groups is 1. The number of rotatable bonds is 7. The van der Waals surface area contributed by atoms with Crippen molar-refractivity contribution in [2.75, 3.05) is 52.5 Å². The van der Waals surface area contributed by atoms with Gasteiger partial charge in [-0.25, -0.2) is 0 Å². The Morgan fingerprint density at radius 1 is 1.35 bits per heavy atom. The number of carbonyl (C=O) groups excluding carboxylic acids is 1. The summed E-state index contributed by atoms with van der Waals surface area (Å²) in [5.74, 6) is 0.151. The quantitative estimate of drug-likeness (QED) is 0.681. The number of unbranched alkanes of at least 4 members (excludes halogenated alkanes) is 1. The Balaban J connectivity index is 2.33. The zero-order valence-electron chi connectivity index (χ0n) is 10.7. The van der Waals surface area contributed by atoms with Gasteiger partial charge in [0.2, 0.25) is 5.91 Å². The van der Waals surface area contributed by atoms with Crippen molar-refractivity contribution in [3.63, 3.8) is 0 Å². The minimum Gasteiger partial charge on any atom is -0.395 e. The van der Waals surface area contributed by atoms with E-state index in [0.717, 1.165) is 19.4 Å². The summed E-state index contributed by atoms with van der Waals surface area (Å²) in [5.41, 5.74) is 0. The number of carbonyl (C=O) groups is 1. The maximum Gasteiger partial charge on any atom is 0.236 e. The smallest absolute Gasteiger partial charge is 0.236 e. The number of amides is 1. The van der Waals surface area contributed by atoms with Crippen molar-refractivity contribution in [1.29, 1.82) is 0 Å². The second kappa shape index (κ2) is 8.44. The van der Waals surface area contributed by atoms with E-state index in [2.05, 4.69) is 6.92 Å². The number of ether oxygens (including phenoxy) is 1. The van der Waals surface area contributed by atoms with E-state index in [-0.39, 0.29) is 12.5 Å². The zero-order valence-corrected chi connectivity index (χ0v) is 10.7. The van der Waals surface area contributed by atoms with Gasteiger partial charge in [0, 0.05) is 19.6 Å². The van der Waals surface area contributed by atoms with Gasteiger partial charge >= 0.3 is 0 Å². The van der Waals surface area contributed by atoms with Crippen LogP contribution in [0, 0.1) is 0 Å². The number of morpholine rings is 1. The Labute approximate surface area is 103 Å². The van der Waals surface area contributed by atoms with Crippen LogP contribution in [-0.4, -0.2) is 73.4 Å². The van der Waals surface area contributed by atoms with E-state index in [4.69, 9.17) is 9.84 Å². The minimum absolute atomic E-state index is 0.111. The Morgan fingerprint density at radius 3 is 2.65 bits per heavy atom. The highest BCUT2D eigenvalue weighted by atomic mass is 16.5. The Morgan fingerprint density at radius 2 is 2.06 bits per heavy atom. The molecule has 1 saturated heterocycles. The average Bonchev–Trinajstić information content (AvgIpc) is 2.37. The fourth-order valence-electron chi connectivity index (χ4n) is 1.90.